The van der Waals surface area contributed by atoms with Gasteiger partial charge < -0.3 is 4.74 Å². The molecule has 3 aromatic rings. The lowest BCUT2D eigenvalue weighted by molar-refractivity contribution is -0.137. The number of hydrogen-bond acceptors (Lipinski definition) is 5. The van der Waals surface area contributed by atoms with Crippen molar-refractivity contribution >= 4 is 33.2 Å². The number of ether oxygens (including phenoxy) is 1. The molecule has 8 heteroatoms. The number of nitrogens with zero attached hydrogens (tertiary/aromatic N) is 3. The van der Waals surface area contributed by atoms with Crippen LogP contribution in [0.3, 0.4) is 0 Å². The van der Waals surface area contributed by atoms with Gasteiger partial charge in [-0.3, -0.25) is 0 Å². The van der Waals surface area contributed by atoms with E-state index in [9.17, 15) is 18.4 Å². The smallest absolute Gasteiger partial charge is 0.416 e. The lowest BCUT2D eigenvalue weighted by atomic mass is 10.1. The van der Waals surface area contributed by atoms with E-state index in [2.05, 4.69) is 11.1 Å². The molecule has 146 valence electrons. The van der Waals surface area contributed by atoms with E-state index in [4.69, 9.17) is 10.00 Å². The Hall–Kier alpha value is -3.36. The number of unbranched alkanes of at least 4 members (excludes halogenated alkanes) is 1. The molecule has 0 spiro atoms. The predicted octanol–water partition coefficient (Wildman–Crippen LogP) is 6.06. The molecule has 0 unspecified atom stereocenters. The van der Waals surface area contributed by atoms with Crippen molar-refractivity contribution in [3.05, 3.63) is 58.6 Å². The standard InChI is InChI=1S/C21H14F3N3OS/c22-21(23,24)16-6-7-19-18(12-16)27-20(29-19)15(13-26)10-14-4-3-5-17(11-14)28-9-2-1-8-25/h3-7,10-12H,1-2,9H2/b15-10-. The van der Waals surface area contributed by atoms with E-state index >= 15 is 0 Å². The molecule has 29 heavy (non-hydrogen) atoms. The Labute approximate surface area is 169 Å². The summed E-state index contributed by atoms with van der Waals surface area (Å²) >= 11 is 1.16. The SMILES string of the molecule is N#CCCCOc1cccc(/C=C(/C#N)c2nc3cc(C(F)(F)F)ccc3s2)c1. The molecule has 0 N–H and O–H groups in total. The van der Waals surface area contributed by atoms with E-state index in [1.165, 1.54) is 6.07 Å². The topological polar surface area (TPSA) is 69.7 Å². The van der Waals surface area contributed by atoms with Crippen LogP contribution in [0.1, 0.15) is 29.0 Å². The van der Waals surface area contributed by atoms with Crippen LogP contribution in [0, 0.1) is 22.7 Å². The lowest BCUT2D eigenvalue weighted by Gasteiger charge is -2.05. The van der Waals surface area contributed by atoms with E-state index in [-0.39, 0.29) is 11.1 Å². The zero-order valence-corrected chi connectivity index (χ0v) is 15.8. The van der Waals surface area contributed by atoms with Gasteiger partial charge in [0.25, 0.3) is 0 Å². The molecule has 0 saturated heterocycles. The molecule has 0 amide bonds. The van der Waals surface area contributed by atoms with Gasteiger partial charge in [-0.15, -0.1) is 11.3 Å². The van der Waals surface area contributed by atoms with E-state index < -0.39 is 11.7 Å². The van der Waals surface area contributed by atoms with Crippen molar-refractivity contribution in [2.75, 3.05) is 6.61 Å². The molecule has 0 atom stereocenters. The van der Waals surface area contributed by atoms with Gasteiger partial charge in [0.05, 0.1) is 34.0 Å². The largest absolute Gasteiger partial charge is 0.494 e. The average Bonchev–Trinajstić information content (AvgIpc) is 3.12. The minimum atomic E-state index is -4.44. The van der Waals surface area contributed by atoms with Crippen molar-refractivity contribution in [2.45, 2.75) is 19.0 Å². The summed E-state index contributed by atoms with van der Waals surface area (Å²) in [6.45, 7) is 0.408. The highest BCUT2D eigenvalue weighted by Gasteiger charge is 2.30. The van der Waals surface area contributed by atoms with Crippen molar-refractivity contribution in [3.63, 3.8) is 0 Å². The van der Waals surface area contributed by atoms with Gasteiger partial charge in [0.15, 0.2) is 0 Å². The normalized spacial score (nSPS) is 11.8. The van der Waals surface area contributed by atoms with Crippen LogP contribution >= 0.6 is 11.3 Å². The van der Waals surface area contributed by atoms with Crippen molar-refractivity contribution in [1.82, 2.24) is 4.98 Å². The van der Waals surface area contributed by atoms with E-state index in [1.54, 1.807) is 30.3 Å². The van der Waals surface area contributed by atoms with Crippen LogP contribution in [0.5, 0.6) is 5.75 Å². The Kier molecular flexibility index (Phi) is 6.16. The fourth-order valence-corrected chi connectivity index (χ4v) is 3.47. The number of nitriles is 2. The van der Waals surface area contributed by atoms with E-state index in [1.807, 2.05) is 6.07 Å². The molecule has 0 saturated carbocycles. The van der Waals surface area contributed by atoms with Crippen LogP contribution in [0.25, 0.3) is 21.9 Å². The minimum absolute atomic E-state index is 0.204. The Bertz CT molecular complexity index is 1140. The molecule has 4 nitrogen and oxygen atoms in total. The number of halogens is 3. The molecule has 3 rings (SSSR count). The second kappa shape index (κ2) is 8.76. The van der Waals surface area contributed by atoms with Gasteiger partial charge in [-0.2, -0.15) is 23.7 Å². The highest BCUT2D eigenvalue weighted by molar-refractivity contribution is 7.19. The van der Waals surface area contributed by atoms with Gasteiger partial charge in [-0.05, 0) is 48.4 Å². The summed E-state index contributed by atoms with van der Waals surface area (Å²) in [6, 6.07) is 14.5. The first-order valence-electron chi connectivity index (χ1n) is 8.60. The zero-order chi connectivity index (χ0) is 20.9. The Morgan fingerprint density at radius 1 is 1.17 bits per heavy atom. The molecule has 0 radical (unpaired) electrons. The predicted molar refractivity (Wildman–Crippen MR) is 105 cm³/mol. The maximum atomic E-state index is 12.9. The number of benzene rings is 2. The number of allylic oxidation sites excluding steroid dienone is 1. The Morgan fingerprint density at radius 3 is 2.72 bits per heavy atom. The second-order valence-electron chi connectivity index (χ2n) is 6.05. The van der Waals surface area contributed by atoms with Crippen LogP contribution < -0.4 is 4.74 Å². The molecule has 1 heterocycles. The minimum Gasteiger partial charge on any atom is -0.494 e. The van der Waals surface area contributed by atoms with Gasteiger partial charge in [-0.1, -0.05) is 12.1 Å². The number of hydrogen-bond donors (Lipinski definition) is 0. The quantitative estimate of drug-likeness (QED) is 0.364. The van der Waals surface area contributed by atoms with Crippen molar-refractivity contribution in [3.8, 4) is 17.9 Å². The molecule has 0 fully saturated rings. The van der Waals surface area contributed by atoms with Crippen LogP contribution in [-0.4, -0.2) is 11.6 Å². The van der Waals surface area contributed by atoms with E-state index in [0.717, 1.165) is 23.5 Å². The van der Waals surface area contributed by atoms with Gasteiger partial charge in [0.1, 0.15) is 16.8 Å². The first kappa shape index (κ1) is 20.4. The van der Waals surface area contributed by atoms with Gasteiger partial charge in [0.2, 0.25) is 0 Å². The summed E-state index contributed by atoms with van der Waals surface area (Å²) in [5, 5.41) is 18.4. The number of fused-ring (bicyclic) bond motifs is 1. The third-order valence-corrected chi connectivity index (χ3v) is 5.01. The maximum absolute atomic E-state index is 12.9. The summed E-state index contributed by atoms with van der Waals surface area (Å²) in [4.78, 5) is 4.21. The average molecular weight is 413 g/mol. The van der Waals surface area contributed by atoms with E-state index in [0.29, 0.717) is 40.5 Å². The third kappa shape index (κ3) is 5.13. The molecule has 0 aliphatic rings. The first-order chi connectivity index (χ1) is 13.9. The Balaban J connectivity index is 1.87. The van der Waals surface area contributed by atoms with Gasteiger partial charge in [0, 0.05) is 6.42 Å². The molecule has 2 aromatic carbocycles. The van der Waals surface area contributed by atoms with Crippen molar-refractivity contribution < 1.29 is 17.9 Å². The number of aromatic nitrogens is 1. The highest BCUT2D eigenvalue weighted by atomic mass is 32.1. The van der Waals surface area contributed by atoms with Crippen molar-refractivity contribution in [1.29, 1.82) is 10.5 Å². The second-order valence-corrected chi connectivity index (χ2v) is 7.08. The monoisotopic (exact) mass is 413 g/mol. The van der Waals surface area contributed by atoms with Crippen LogP contribution in [0.15, 0.2) is 42.5 Å². The summed E-state index contributed by atoms with van der Waals surface area (Å²) in [7, 11) is 0. The fraction of sp³-hybridized carbons (Fsp3) is 0.190. The number of rotatable bonds is 6. The van der Waals surface area contributed by atoms with Gasteiger partial charge in [-0.25, -0.2) is 4.98 Å². The van der Waals surface area contributed by atoms with Crippen LogP contribution in [0.4, 0.5) is 13.2 Å². The zero-order valence-electron chi connectivity index (χ0n) is 15.0. The Morgan fingerprint density at radius 2 is 2.00 bits per heavy atom. The third-order valence-electron chi connectivity index (χ3n) is 3.94. The molecule has 0 aliphatic heterocycles. The molecule has 0 bridgehead atoms. The fourth-order valence-electron chi connectivity index (χ4n) is 2.56. The molecule has 0 aliphatic carbocycles. The number of alkyl halides is 3. The highest BCUT2D eigenvalue weighted by Crippen LogP contribution is 2.34. The summed E-state index contributed by atoms with van der Waals surface area (Å²) in [5.41, 5.74) is 0.386. The summed E-state index contributed by atoms with van der Waals surface area (Å²) < 4.78 is 44.8. The number of thiazole rings is 1. The van der Waals surface area contributed by atoms with Gasteiger partial charge >= 0.3 is 6.18 Å². The van der Waals surface area contributed by atoms with Crippen LogP contribution in [-0.2, 0) is 6.18 Å². The first-order valence-corrected chi connectivity index (χ1v) is 9.42. The lowest BCUT2D eigenvalue weighted by Crippen LogP contribution is -2.03. The van der Waals surface area contributed by atoms with Crippen molar-refractivity contribution in [2.24, 2.45) is 0 Å². The van der Waals surface area contributed by atoms with Crippen LogP contribution in [0.2, 0.25) is 0 Å². The molecular formula is C21H14F3N3OS. The summed E-state index contributed by atoms with van der Waals surface area (Å²) in [6.07, 6.45) is -1.80. The molecular weight excluding hydrogens is 399 g/mol. The summed E-state index contributed by atoms with van der Waals surface area (Å²) in [5.74, 6) is 0.605. The molecule has 1 aromatic heterocycles. The maximum Gasteiger partial charge on any atom is 0.416 e.